The second-order valence-corrected chi connectivity index (χ2v) is 3.48. The lowest BCUT2D eigenvalue weighted by Gasteiger charge is -2.04. The first kappa shape index (κ1) is 11.6. The lowest BCUT2D eigenvalue weighted by atomic mass is 10.1. The van der Waals surface area contributed by atoms with Gasteiger partial charge in [-0.05, 0) is 19.1 Å². The van der Waals surface area contributed by atoms with Crippen molar-refractivity contribution < 1.29 is 9.72 Å². The molecule has 0 heterocycles. The Morgan fingerprint density at radius 3 is 2.60 bits per heavy atom. The molecule has 15 heavy (non-hydrogen) atoms. The maximum absolute atomic E-state index is 11.4. The van der Waals surface area contributed by atoms with Crippen LogP contribution in [-0.4, -0.2) is 16.7 Å². The second kappa shape index (κ2) is 4.37. The Kier molecular flexibility index (Phi) is 3.39. The molecule has 0 aliphatic carbocycles. The predicted octanol–water partition coefficient (Wildman–Crippen LogP) is 1.78. The molecule has 2 N–H and O–H groups in total. The largest absolute Gasteiger partial charge is 0.321 e. The average Bonchev–Trinajstić information content (AvgIpc) is 2.15. The van der Waals surface area contributed by atoms with Gasteiger partial charge in [-0.15, -0.1) is 0 Å². The Bertz CT molecular complexity index is 418. The van der Waals surface area contributed by atoms with Crippen LogP contribution in [0.4, 0.5) is 5.69 Å². The molecule has 0 saturated carbocycles. The first-order valence-corrected chi connectivity index (χ1v) is 4.55. The third-order valence-corrected chi connectivity index (χ3v) is 2.15. The quantitative estimate of drug-likeness (QED) is 0.485. The molecule has 1 atom stereocenters. The highest BCUT2D eigenvalue weighted by Crippen LogP contribution is 2.25. The van der Waals surface area contributed by atoms with E-state index in [0.29, 0.717) is 0 Å². The smallest absolute Gasteiger partial charge is 0.287 e. The average molecular weight is 229 g/mol. The van der Waals surface area contributed by atoms with Crippen molar-refractivity contribution >= 4 is 23.1 Å². The summed E-state index contributed by atoms with van der Waals surface area (Å²) >= 11 is 5.64. The first-order chi connectivity index (χ1) is 6.93. The van der Waals surface area contributed by atoms with Crippen molar-refractivity contribution in [3.8, 4) is 0 Å². The summed E-state index contributed by atoms with van der Waals surface area (Å²) < 4.78 is 0. The molecule has 80 valence electrons. The fourth-order valence-electron chi connectivity index (χ4n) is 1.07. The number of benzene rings is 1. The van der Waals surface area contributed by atoms with Crippen molar-refractivity contribution in [1.29, 1.82) is 0 Å². The third-order valence-electron chi connectivity index (χ3n) is 1.84. The van der Waals surface area contributed by atoms with E-state index in [2.05, 4.69) is 0 Å². The van der Waals surface area contributed by atoms with Crippen molar-refractivity contribution in [3.63, 3.8) is 0 Å². The van der Waals surface area contributed by atoms with E-state index in [0.717, 1.165) is 0 Å². The minimum absolute atomic E-state index is 0.0634. The molecule has 1 aromatic rings. The maximum atomic E-state index is 11.4. The van der Waals surface area contributed by atoms with Crippen molar-refractivity contribution in [2.75, 3.05) is 0 Å². The molecule has 1 aromatic carbocycles. The molecule has 0 aliphatic heterocycles. The van der Waals surface area contributed by atoms with Crippen molar-refractivity contribution in [2.24, 2.45) is 5.73 Å². The summed E-state index contributed by atoms with van der Waals surface area (Å²) in [6.45, 7) is 1.54. The van der Waals surface area contributed by atoms with Gasteiger partial charge in [-0.25, -0.2) is 0 Å². The molecule has 1 rings (SSSR count). The second-order valence-electron chi connectivity index (χ2n) is 3.08. The number of rotatable bonds is 3. The topological polar surface area (TPSA) is 86.2 Å². The zero-order valence-electron chi connectivity index (χ0n) is 7.94. The number of nitro groups is 1. The molecule has 0 radical (unpaired) electrons. The van der Waals surface area contributed by atoms with Gasteiger partial charge in [-0.1, -0.05) is 11.6 Å². The Morgan fingerprint density at radius 2 is 2.20 bits per heavy atom. The molecular weight excluding hydrogens is 220 g/mol. The van der Waals surface area contributed by atoms with Crippen molar-refractivity contribution in [1.82, 2.24) is 0 Å². The Balaban J connectivity index is 3.12. The van der Waals surface area contributed by atoms with Crippen LogP contribution in [-0.2, 0) is 0 Å². The van der Waals surface area contributed by atoms with Gasteiger partial charge in [-0.3, -0.25) is 14.9 Å². The van der Waals surface area contributed by atoms with Crippen LogP contribution in [0.2, 0.25) is 5.02 Å². The fourth-order valence-corrected chi connectivity index (χ4v) is 1.32. The number of Topliss-reactive ketones (excluding diaryl/α,β-unsaturated/α-hetero) is 1. The highest BCUT2D eigenvalue weighted by atomic mass is 35.5. The zero-order valence-corrected chi connectivity index (χ0v) is 8.69. The van der Waals surface area contributed by atoms with Crippen LogP contribution in [0.15, 0.2) is 18.2 Å². The molecule has 0 aromatic heterocycles. The molecule has 6 heteroatoms. The molecule has 1 unspecified atom stereocenters. The molecule has 0 fully saturated rings. The van der Waals surface area contributed by atoms with E-state index in [1.807, 2.05) is 0 Å². The number of hydrogen-bond donors (Lipinski definition) is 1. The van der Waals surface area contributed by atoms with E-state index in [9.17, 15) is 14.9 Å². The van der Waals surface area contributed by atoms with Crippen LogP contribution >= 0.6 is 11.6 Å². The zero-order chi connectivity index (χ0) is 11.6. The number of carbonyl (C=O) groups excluding carboxylic acids is 1. The number of nitrogens with zero attached hydrogens (tertiary/aromatic N) is 1. The molecule has 0 spiro atoms. The van der Waals surface area contributed by atoms with E-state index in [1.165, 1.54) is 25.1 Å². The highest BCUT2D eigenvalue weighted by molar-refractivity contribution is 6.33. The van der Waals surface area contributed by atoms with Crippen LogP contribution in [0.25, 0.3) is 0 Å². The van der Waals surface area contributed by atoms with Crippen molar-refractivity contribution in [3.05, 3.63) is 38.9 Å². The van der Waals surface area contributed by atoms with Gasteiger partial charge in [0.2, 0.25) is 0 Å². The summed E-state index contributed by atoms with van der Waals surface area (Å²) in [7, 11) is 0. The van der Waals surface area contributed by atoms with Crippen LogP contribution in [0.3, 0.4) is 0 Å². The SMILES string of the molecule is CC(N)C(=O)c1ccc([N+](=O)[O-])c(Cl)c1. The van der Waals surface area contributed by atoms with Gasteiger partial charge < -0.3 is 5.73 Å². The van der Waals surface area contributed by atoms with E-state index in [4.69, 9.17) is 17.3 Å². The van der Waals surface area contributed by atoms with Crippen LogP contribution < -0.4 is 5.73 Å². The Morgan fingerprint density at radius 1 is 1.60 bits per heavy atom. The molecular formula is C9H9ClN2O3. The third kappa shape index (κ3) is 2.51. The minimum Gasteiger partial charge on any atom is -0.321 e. The summed E-state index contributed by atoms with van der Waals surface area (Å²) in [6.07, 6.45) is 0. The fraction of sp³-hybridized carbons (Fsp3) is 0.222. The molecule has 0 saturated heterocycles. The highest BCUT2D eigenvalue weighted by Gasteiger charge is 2.16. The lowest BCUT2D eigenvalue weighted by molar-refractivity contribution is -0.384. The molecule has 0 amide bonds. The van der Waals surface area contributed by atoms with E-state index in [1.54, 1.807) is 0 Å². The van der Waals surface area contributed by atoms with Crippen molar-refractivity contribution in [2.45, 2.75) is 13.0 Å². The van der Waals surface area contributed by atoms with Gasteiger partial charge in [0.15, 0.2) is 5.78 Å². The van der Waals surface area contributed by atoms with E-state index in [-0.39, 0.29) is 22.1 Å². The van der Waals surface area contributed by atoms with Gasteiger partial charge in [0.25, 0.3) is 5.69 Å². The summed E-state index contributed by atoms with van der Waals surface area (Å²) in [5.41, 5.74) is 5.44. The maximum Gasteiger partial charge on any atom is 0.287 e. The number of halogens is 1. The van der Waals surface area contributed by atoms with Gasteiger partial charge in [0.05, 0.1) is 11.0 Å². The Labute approximate surface area is 91.0 Å². The van der Waals surface area contributed by atoms with Gasteiger partial charge in [-0.2, -0.15) is 0 Å². The summed E-state index contributed by atoms with van der Waals surface area (Å²) in [4.78, 5) is 21.3. The predicted molar refractivity (Wildman–Crippen MR) is 56.1 cm³/mol. The standard InChI is InChI=1S/C9H9ClN2O3/c1-5(11)9(13)6-2-3-8(12(14)15)7(10)4-6/h2-5H,11H2,1H3. The number of carbonyl (C=O) groups is 1. The lowest BCUT2D eigenvalue weighted by Crippen LogP contribution is -2.26. The van der Waals surface area contributed by atoms with E-state index >= 15 is 0 Å². The summed E-state index contributed by atoms with van der Waals surface area (Å²) in [5, 5.41) is 10.4. The molecule has 0 aliphatic rings. The molecule has 0 bridgehead atoms. The van der Waals surface area contributed by atoms with Gasteiger partial charge >= 0.3 is 0 Å². The minimum atomic E-state index is -0.650. The van der Waals surface area contributed by atoms with Crippen LogP contribution in [0.1, 0.15) is 17.3 Å². The van der Waals surface area contributed by atoms with Crippen LogP contribution in [0.5, 0.6) is 0 Å². The normalized spacial score (nSPS) is 12.2. The number of nitrogens with two attached hydrogens (primary N) is 1. The summed E-state index contributed by atoms with van der Waals surface area (Å²) in [6, 6.07) is 3.14. The van der Waals surface area contributed by atoms with Gasteiger partial charge in [0, 0.05) is 11.6 Å². The van der Waals surface area contributed by atoms with E-state index < -0.39 is 11.0 Å². The number of ketones is 1. The molecule has 5 nitrogen and oxygen atoms in total. The summed E-state index contributed by atoms with van der Waals surface area (Å²) in [5.74, 6) is -0.299. The van der Waals surface area contributed by atoms with Gasteiger partial charge in [0.1, 0.15) is 5.02 Å². The van der Waals surface area contributed by atoms with Crippen LogP contribution in [0, 0.1) is 10.1 Å². The Hall–Kier alpha value is -1.46. The first-order valence-electron chi connectivity index (χ1n) is 4.17. The number of nitro benzene ring substituents is 1. The number of hydrogen-bond acceptors (Lipinski definition) is 4. The monoisotopic (exact) mass is 228 g/mol.